The highest BCUT2D eigenvalue weighted by molar-refractivity contribution is 6.12. The van der Waals surface area contributed by atoms with Gasteiger partial charge in [0.1, 0.15) is 5.75 Å². The molecule has 1 heterocycles. The van der Waals surface area contributed by atoms with Crippen LogP contribution in [0.3, 0.4) is 0 Å². The second-order valence-electron chi connectivity index (χ2n) is 6.62. The summed E-state index contributed by atoms with van der Waals surface area (Å²) in [6, 6.07) is 10.3. The number of para-hydroxylation sites is 1. The van der Waals surface area contributed by atoms with E-state index in [-0.39, 0.29) is 0 Å². The van der Waals surface area contributed by atoms with Crippen molar-refractivity contribution in [3.8, 4) is 5.75 Å². The summed E-state index contributed by atoms with van der Waals surface area (Å²) in [5.41, 5.74) is 6.34. The zero-order valence-corrected chi connectivity index (χ0v) is 13.2. The highest BCUT2D eigenvalue weighted by atomic mass is 16.3. The Morgan fingerprint density at radius 1 is 1.32 bits per heavy atom. The second-order valence-corrected chi connectivity index (χ2v) is 6.62. The van der Waals surface area contributed by atoms with Gasteiger partial charge in [-0.05, 0) is 55.4 Å². The molecular weight excluding hydrogens is 270 g/mol. The molecule has 4 rings (SSSR count). The largest absolute Gasteiger partial charge is 0.507 e. The maximum absolute atomic E-state index is 10.6. The van der Waals surface area contributed by atoms with Crippen molar-refractivity contribution in [2.45, 2.75) is 26.2 Å². The Balaban J connectivity index is 2.10. The Morgan fingerprint density at radius 2 is 2.09 bits per heavy atom. The van der Waals surface area contributed by atoms with Crippen molar-refractivity contribution in [3.05, 3.63) is 53.6 Å². The van der Waals surface area contributed by atoms with Gasteiger partial charge in [-0.3, -0.25) is 0 Å². The van der Waals surface area contributed by atoms with Crippen LogP contribution < -0.4 is 0 Å². The zero-order chi connectivity index (χ0) is 15.4. The molecule has 1 aliphatic carbocycles. The van der Waals surface area contributed by atoms with Gasteiger partial charge >= 0.3 is 0 Å². The van der Waals surface area contributed by atoms with Crippen LogP contribution in [0.2, 0.25) is 0 Å². The molecule has 0 saturated carbocycles. The number of hydrogen-bond acceptors (Lipinski definition) is 1. The van der Waals surface area contributed by atoms with Crippen LogP contribution in [0.1, 0.15) is 24.5 Å². The first-order valence-corrected chi connectivity index (χ1v) is 7.94. The van der Waals surface area contributed by atoms with E-state index < -0.39 is 0 Å². The number of aryl methyl sites for hydroxylation is 2. The van der Waals surface area contributed by atoms with Crippen molar-refractivity contribution in [1.29, 1.82) is 0 Å². The van der Waals surface area contributed by atoms with Crippen molar-refractivity contribution < 1.29 is 5.11 Å². The van der Waals surface area contributed by atoms with Gasteiger partial charge < -0.3 is 9.67 Å². The molecule has 22 heavy (non-hydrogen) atoms. The molecule has 2 heteroatoms. The van der Waals surface area contributed by atoms with Crippen molar-refractivity contribution in [3.63, 3.8) is 0 Å². The number of nitrogens with zero attached hydrogens (tertiary/aromatic N) is 1. The molecule has 0 aliphatic heterocycles. The normalized spacial score (nSPS) is 17.8. The van der Waals surface area contributed by atoms with Gasteiger partial charge in [-0.15, -0.1) is 0 Å². The monoisotopic (exact) mass is 291 g/mol. The summed E-state index contributed by atoms with van der Waals surface area (Å²) in [6.07, 6.45) is 3.20. The number of hydrogen-bond donors (Lipinski definition) is 1. The van der Waals surface area contributed by atoms with E-state index in [1.54, 1.807) is 0 Å². The average molecular weight is 291 g/mol. The van der Waals surface area contributed by atoms with Gasteiger partial charge in [0.15, 0.2) is 0 Å². The SMILES string of the molecule is C=C(C)[C@@H]1CCc2cc(O)c3c4ccccc4n(C)c3c2C1. The fourth-order valence-electron chi connectivity index (χ4n) is 4.03. The summed E-state index contributed by atoms with van der Waals surface area (Å²) >= 11 is 0. The van der Waals surface area contributed by atoms with Gasteiger partial charge in [0, 0.05) is 23.3 Å². The number of fused-ring (bicyclic) bond motifs is 5. The van der Waals surface area contributed by atoms with E-state index in [9.17, 15) is 5.11 Å². The Labute approximate surface area is 130 Å². The topological polar surface area (TPSA) is 25.2 Å². The molecule has 1 aliphatic rings. The van der Waals surface area contributed by atoms with Crippen molar-refractivity contribution in [2.24, 2.45) is 13.0 Å². The van der Waals surface area contributed by atoms with Gasteiger partial charge in [-0.1, -0.05) is 30.4 Å². The van der Waals surface area contributed by atoms with Gasteiger partial charge in [0.25, 0.3) is 0 Å². The minimum absolute atomic E-state index is 0.416. The lowest BCUT2D eigenvalue weighted by molar-refractivity contribution is 0.477. The van der Waals surface area contributed by atoms with E-state index in [1.165, 1.54) is 27.7 Å². The van der Waals surface area contributed by atoms with Crippen molar-refractivity contribution in [1.82, 2.24) is 4.57 Å². The molecule has 0 spiro atoms. The standard InChI is InChI=1S/C20H21NO/c1-12(2)13-8-9-14-11-18(22)19-15-6-4-5-7-17(15)21(3)20(19)16(14)10-13/h4-7,11,13,22H,1,8-10H2,2-3H3/t13-/m1/s1. The minimum Gasteiger partial charge on any atom is -0.507 e. The highest BCUT2D eigenvalue weighted by Crippen LogP contribution is 2.42. The first-order valence-electron chi connectivity index (χ1n) is 7.94. The van der Waals surface area contributed by atoms with Gasteiger partial charge in [-0.25, -0.2) is 0 Å². The summed E-state index contributed by atoms with van der Waals surface area (Å²) in [5.74, 6) is 0.970. The van der Waals surface area contributed by atoms with Gasteiger partial charge in [0.2, 0.25) is 0 Å². The van der Waals surface area contributed by atoms with E-state index in [0.29, 0.717) is 11.7 Å². The number of benzene rings is 2. The van der Waals surface area contributed by atoms with Crippen LogP contribution in [0.25, 0.3) is 21.8 Å². The molecule has 0 amide bonds. The molecule has 0 saturated heterocycles. The van der Waals surface area contributed by atoms with Crippen LogP contribution in [0.5, 0.6) is 5.75 Å². The third kappa shape index (κ3) is 1.73. The number of phenolic OH excluding ortho intramolecular Hbond substituents is 1. The van der Waals surface area contributed by atoms with E-state index in [4.69, 9.17) is 0 Å². The van der Waals surface area contributed by atoms with E-state index in [0.717, 1.165) is 30.0 Å². The molecule has 0 fully saturated rings. The fraction of sp³-hybridized carbons (Fsp3) is 0.300. The maximum atomic E-state index is 10.6. The van der Waals surface area contributed by atoms with Crippen LogP contribution in [0.4, 0.5) is 0 Å². The zero-order valence-electron chi connectivity index (χ0n) is 13.2. The number of allylic oxidation sites excluding steroid dienone is 1. The lowest BCUT2D eigenvalue weighted by atomic mass is 9.80. The van der Waals surface area contributed by atoms with E-state index in [1.807, 2.05) is 12.1 Å². The fourth-order valence-corrected chi connectivity index (χ4v) is 4.03. The van der Waals surface area contributed by atoms with E-state index in [2.05, 4.69) is 43.3 Å². The Bertz CT molecular complexity index is 916. The Morgan fingerprint density at radius 3 is 2.86 bits per heavy atom. The number of phenols is 1. The molecule has 0 unspecified atom stereocenters. The Kier molecular flexibility index (Phi) is 2.83. The molecule has 0 bridgehead atoms. The summed E-state index contributed by atoms with van der Waals surface area (Å²) in [4.78, 5) is 0. The first-order chi connectivity index (χ1) is 10.6. The quantitative estimate of drug-likeness (QED) is 0.645. The van der Waals surface area contributed by atoms with Crippen LogP contribution in [0.15, 0.2) is 42.5 Å². The third-order valence-corrected chi connectivity index (χ3v) is 5.26. The molecule has 1 atom stereocenters. The van der Waals surface area contributed by atoms with Crippen LogP contribution in [-0.4, -0.2) is 9.67 Å². The summed E-state index contributed by atoms with van der Waals surface area (Å²) in [5, 5.41) is 12.7. The predicted molar refractivity (Wildman–Crippen MR) is 92.4 cm³/mol. The van der Waals surface area contributed by atoms with Crippen molar-refractivity contribution in [2.75, 3.05) is 0 Å². The van der Waals surface area contributed by atoms with Gasteiger partial charge in [-0.2, -0.15) is 0 Å². The van der Waals surface area contributed by atoms with Crippen LogP contribution in [0, 0.1) is 5.92 Å². The molecule has 1 N–H and O–H groups in total. The van der Waals surface area contributed by atoms with Crippen molar-refractivity contribution >= 4 is 21.8 Å². The van der Waals surface area contributed by atoms with Crippen LogP contribution >= 0.6 is 0 Å². The average Bonchev–Trinajstić information content (AvgIpc) is 2.82. The van der Waals surface area contributed by atoms with Crippen LogP contribution in [-0.2, 0) is 19.9 Å². The molecular formula is C20H21NO. The molecule has 3 aromatic rings. The number of rotatable bonds is 1. The molecule has 112 valence electrons. The van der Waals surface area contributed by atoms with E-state index >= 15 is 0 Å². The highest BCUT2D eigenvalue weighted by Gasteiger charge is 2.25. The summed E-state index contributed by atoms with van der Waals surface area (Å²) in [6.45, 7) is 6.29. The number of aromatic hydroxyl groups is 1. The number of aromatic nitrogens is 1. The molecule has 0 radical (unpaired) electrons. The second kappa shape index (κ2) is 4.64. The lowest BCUT2D eigenvalue weighted by Gasteiger charge is -2.26. The van der Waals surface area contributed by atoms with Gasteiger partial charge in [0.05, 0.1) is 5.52 Å². The molecule has 2 aromatic carbocycles. The summed E-state index contributed by atoms with van der Waals surface area (Å²) < 4.78 is 2.24. The lowest BCUT2D eigenvalue weighted by Crippen LogP contribution is -2.16. The first kappa shape index (κ1) is 13.4. The summed E-state index contributed by atoms with van der Waals surface area (Å²) in [7, 11) is 2.11. The maximum Gasteiger partial charge on any atom is 0.125 e. The minimum atomic E-state index is 0.416. The third-order valence-electron chi connectivity index (χ3n) is 5.26. The predicted octanol–water partition coefficient (Wildman–Crippen LogP) is 4.72. The molecule has 2 nitrogen and oxygen atoms in total. The molecule has 1 aromatic heterocycles. The Hall–Kier alpha value is -2.22. The smallest absolute Gasteiger partial charge is 0.125 e.